The van der Waals surface area contributed by atoms with E-state index in [2.05, 4.69) is 43.4 Å². The second kappa shape index (κ2) is 6.34. The van der Waals surface area contributed by atoms with Crippen molar-refractivity contribution in [3.05, 3.63) is 69.5 Å². The molecule has 2 atom stereocenters. The number of piperidine rings is 1. The smallest absolute Gasteiger partial charge is 0.0739 e. The number of nitrogens with zero attached hydrogens (tertiary/aromatic N) is 1. The number of aromatic nitrogens is 1. The van der Waals surface area contributed by atoms with Crippen LogP contribution in [0, 0.1) is 5.92 Å². The Morgan fingerprint density at radius 1 is 1.12 bits per heavy atom. The highest BCUT2D eigenvalue weighted by Crippen LogP contribution is 2.39. The van der Waals surface area contributed by atoms with E-state index in [-0.39, 0.29) is 0 Å². The van der Waals surface area contributed by atoms with E-state index in [0.29, 0.717) is 12.0 Å². The molecule has 2 aromatic rings. The molecule has 0 radical (unpaired) electrons. The van der Waals surface area contributed by atoms with Crippen LogP contribution in [0.1, 0.15) is 42.7 Å². The summed E-state index contributed by atoms with van der Waals surface area (Å²) in [5.41, 5.74) is 8.09. The summed E-state index contributed by atoms with van der Waals surface area (Å²) in [4.78, 5) is 4.81. The second-order valence-corrected chi connectivity index (χ2v) is 7.56. The first-order valence-electron chi connectivity index (χ1n) is 8.83. The number of pyridine rings is 1. The van der Waals surface area contributed by atoms with Gasteiger partial charge in [0.25, 0.3) is 0 Å². The van der Waals surface area contributed by atoms with Crippen LogP contribution in [0.5, 0.6) is 0 Å². The molecule has 124 valence electrons. The number of nitrogens with one attached hydrogen (secondary N) is 1. The topological polar surface area (TPSA) is 24.9 Å². The predicted molar refractivity (Wildman–Crippen MR) is 100 cm³/mol. The van der Waals surface area contributed by atoms with Crippen LogP contribution >= 0.6 is 11.6 Å². The minimum Gasteiger partial charge on any atom is -0.313 e. The lowest BCUT2D eigenvalue weighted by Gasteiger charge is -2.31. The van der Waals surface area contributed by atoms with E-state index in [1.807, 2.05) is 12.3 Å². The lowest BCUT2D eigenvalue weighted by Crippen LogP contribution is -2.37. The van der Waals surface area contributed by atoms with Gasteiger partial charge in [-0.15, -0.1) is 0 Å². The maximum Gasteiger partial charge on any atom is 0.0739 e. The summed E-state index contributed by atoms with van der Waals surface area (Å²) in [6.45, 7) is 5.63. The third-order valence-corrected chi connectivity index (χ3v) is 5.58. The van der Waals surface area contributed by atoms with Crippen molar-refractivity contribution in [1.29, 1.82) is 0 Å². The summed E-state index contributed by atoms with van der Waals surface area (Å²) < 4.78 is 0. The molecule has 2 nitrogen and oxygen atoms in total. The van der Waals surface area contributed by atoms with Gasteiger partial charge in [0.1, 0.15) is 0 Å². The van der Waals surface area contributed by atoms with Crippen molar-refractivity contribution in [3.8, 4) is 0 Å². The Kier molecular flexibility index (Phi) is 4.19. The van der Waals surface area contributed by atoms with Gasteiger partial charge in [-0.05, 0) is 67.0 Å². The van der Waals surface area contributed by atoms with Crippen molar-refractivity contribution in [3.63, 3.8) is 0 Å². The molecule has 3 heteroatoms. The molecule has 1 N–H and O–H groups in total. The predicted octanol–water partition coefficient (Wildman–Crippen LogP) is 4.65. The fourth-order valence-electron chi connectivity index (χ4n) is 4.05. The molecule has 0 saturated carbocycles. The summed E-state index contributed by atoms with van der Waals surface area (Å²) >= 11 is 6.28. The number of hydrogen-bond donors (Lipinski definition) is 1. The van der Waals surface area contributed by atoms with Gasteiger partial charge >= 0.3 is 0 Å². The fourth-order valence-corrected chi connectivity index (χ4v) is 4.25. The molecule has 2 aliphatic rings. The van der Waals surface area contributed by atoms with Crippen LogP contribution in [0.3, 0.4) is 0 Å². The van der Waals surface area contributed by atoms with Gasteiger partial charge in [-0.25, -0.2) is 0 Å². The molecule has 1 aliphatic heterocycles. The monoisotopic (exact) mass is 338 g/mol. The fraction of sp³-hybridized carbons (Fsp3) is 0.381. The van der Waals surface area contributed by atoms with Gasteiger partial charge in [0.15, 0.2) is 0 Å². The van der Waals surface area contributed by atoms with Gasteiger partial charge in [-0.2, -0.15) is 0 Å². The maximum absolute atomic E-state index is 6.28. The van der Waals surface area contributed by atoms with Crippen molar-refractivity contribution < 1.29 is 0 Å². The molecule has 4 rings (SSSR count). The Morgan fingerprint density at radius 3 is 2.83 bits per heavy atom. The summed E-state index contributed by atoms with van der Waals surface area (Å²) in [5.74, 6) is 0.521. The Labute approximate surface area is 149 Å². The molecule has 2 heterocycles. The molecule has 0 amide bonds. The van der Waals surface area contributed by atoms with Crippen LogP contribution in [0.25, 0.3) is 5.57 Å². The number of aryl methyl sites for hydroxylation is 2. The minimum atomic E-state index is 0.509. The van der Waals surface area contributed by atoms with Gasteiger partial charge in [0, 0.05) is 29.4 Å². The van der Waals surface area contributed by atoms with E-state index in [1.165, 1.54) is 33.5 Å². The first-order chi connectivity index (χ1) is 11.6. The molecule has 1 aliphatic carbocycles. The average molecular weight is 339 g/mol. The van der Waals surface area contributed by atoms with Gasteiger partial charge in [0.2, 0.25) is 0 Å². The van der Waals surface area contributed by atoms with Gasteiger partial charge in [-0.1, -0.05) is 36.2 Å². The number of fused-ring (bicyclic) bond motifs is 2. The highest BCUT2D eigenvalue weighted by molar-refractivity contribution is 6.30. The lowest BCUT2D eigenvalue weighted by atomic mass is 9.82. The first-order valence-corrected chi connectivity index (χ1v) is 9.20. The number of halogens is 1. The molecule has 24 heavy (non-hydrogen) atoms. The first kappa shape index (κ1) is 15.9. The van der Waals surface area contributed by atoms with Crippen molar-refractivity contribution in [2.24, 2.45) is 5.92 Å². The van der Waals surface area contributed by atoms with Crippen molar-refractivity contribution in [2.45, 2.75) is 39.2 Å². The Morgan fingerprint density at radius 2 is 1.96 bits per heavy atom. The van der Waals surface area contributed by atoms with E-state index in [9.17, 15) is 0 Å². The molecule has 1 fully saturated rings. The lowest BCUT2D eigenvalue weighted by molar-refractivity contribution is 0.425. The Balaban J connectivity index is 2.00. The number of hydrogen-bond acceptors (Lipinski definition) is 2. The summed E-state index contributed by atoms with van der Waals surface area (Å²) in [5, 5.41) is 4.42. The summed E-state index contributed by atoms with van der Waals surface area (Å²) in [6.07, 6.45) is 5.05. The van der Waals surface area contributed by atoms with Gasteiger partial charge < -0.3 is 5.32 Å². The quantitative estimate of drug-likeness (QED) is 0.756. The van der Waals surface area contributed by atoms with E-state index < -0.39 is 0 Å². The summed E-state index contributed by atoms with van der Waals surface area (Å²) in [7, 11) is 0. The minimum absolute atomic E-state index is 0.509. The summed E-state index contributed by atoms with van der Waals surface area (Å²) in [6, 6.07) is 11.1. The SMILES string of the molecule is CC1CC(=C2c3ccc(Cl)cc3CCc3cccnc32)C(C)CN1. The molecular formula is C21H23ClN2. The Bertz CT molecular complexity index is 809. The Hall–Kier alpha value is -1.64. The molecule has 2 unspecified atom stereocenters. The highest BCUT2D eigenvalue weighted by Gasteiger charge is 2.28. The molecule has 1 aromatic heterocycles. The van der Waals surface area contributed by atoms with Gasteiger partial charge in [0.05, 0.1) is 5.69 Å². The molecule has 1 saturated heterocycles. The zero-order valence-electron chi connectivity index (χ0n) is 14.3. The maximum atomic E-state index is 6.28. The van der Waals surface area contributed by atoms with E-state index >= 15 is 0 Å². The van der Waals surface area contributed by atoms with Crippen molar-refractivity contribution in [1.82, 2.24) is 10.3 Å². The highest BCUT2D eigenvalue weighted by atomic mass is 35.5. The average Bonchev–Trinajstić information content (AvgIpc) is 2.74. The number of benzene rings is 1. The molecular weight excluding hydrogens is 316 g/mol. The van der Waals surface area contributed by atoms with E-state index in [4.69, 9.17) is 16.6 Å². The van der Waals surface area contributed by atoms with E-state index in [1.54, 1.807) is 0 Å². The molecule has 1 aromatic carbocycles. The van der Waals surface area contributed by atoms with Crippen molar-refractivity contribution in [2.75, 3.05) is 6.54 Å². The van der Waals surface area contributed by atoms with Crippen LogP contribution in [-0.2, 0) is 12.8 Å². The largest absolute Gasteiger partial charge is 0.313 e. The zero-order chi connectivity index (χ0) is 16.7. The molecule has 0 spiro atoms. The second-order valence-electron chi connectivity index (χ2n) is 7.13. The van der Waals surface area contributed by atoms with Crippen LogP contribution in [0.15, 0.2) is 42.1 Å². The van der Waals surface area contributed by atoms with E-state index in [0.717, 1.165) is 30.8 Å². The van der Waals surface area contributed by atoms with Crippen molar-refractivity contribution >= 4 is 17.2 Å². The third-order valence-electron chi connectivity index (χ3n) is 5.34. The van der Waals surface area contributed by atoms with Crippen LogP contribution in [0.2, 0.25) is 5.02 Å². The zero-order valence-corrected chi connectivity index (χ0v) is 15.0. The van der Waals surface area contributed by atoms with Gasteiger partial charge in [-0.3, -0.25) is 4.98 Å². The third kappa shape index (κ3) is 2.78. The molecule has 0 bridgehead atoms. The normalized spacial score (nSPS) is 26.5. The number of rotatable bonds is 0. The van der Waals surface area contributed by atoms with Crippen LogP contribution < -0.4 is 5.32 Å². The van der Waals surface area contributed by atoms with Crippen LogP contribution in [-0.4, -0.2) is 17.6 Å². The standard InChI is InChI=1S/C21H23ClN2/c1-13-12-24-14(2)10-19(13)20-18-8-7-17(22)11-16(18)6-5-15-4-3-9-23-21(15)20/h3-4,7-9,11,13-14,24H,5-6,10,12H2,1-2H3. The van der Waals surface area contributed by atoms with Crippen LogP contribution in [0.4, 0.5) is 0 Å².